The molecule has 4 nitrogen and oxygen atoms in total. The van der Waals surface area contributed by atoms with Crippen LogP contribution in [0.3, 0.4) is 0 Å². The first-order valence-electron chi connectivity index (χ1n) is 7.26. The molecular weight excluding hydrogens is 252 g/mol. The third-order valence-corrected chi connectivity index (χ3v) is 2.82. The van der Waals surface area contributed by atoms with Crippen LogP contribution in [0.15, 0.2) is 24.3 Å². The highest BCUT2D eigenvalue weighted by molar-refractivity contribution is 5.92. The molecule has 112 valence electrons. The van der Waals surface area contributed by atoms with Gasteiger partial charge in [0.05, 0.1) is 12.6 Å². The molecule has 0 aliphatic heterocycles. The van der Waals surface area contributed by atoms with Gasteiger partial charge in [-0.05, 0) is 58.1 Å². The van der Waals surface area contributed by atoms with E-state index in [1.807, 2.05) is 50.1 Å². The van der Waals surface area contributed by atoms with Crippen molar-refractivity contribution in [3.05, 3.63) is 24.3 Å². The minimum Gasteiger partial charge on any atom is -0.491 e. The Morgan fingerprint density at radius 3 is 2.50 bits per heavy atom. The lowest BCUT2D eigenvalue weighted by atomic mass is 10.3. The van der Waals surface area contributed by atoms with Gasteiger partial charge in [0.1, 0.15) is 5.75 Å². The number of likely N-dealkylation sites (N-methyl/N-ethyl adjacent to an activating group) is 1. The Morgan fingerprint density at radius 1 is 1.30 bits per heavy atom. The van der Waals surface area contributed by atoms with Crippen molar-refractivity contribution in [2.45, 2.75) is 39.7 Å². The number of carbonyl (C=O) groups is 1. The van der Waals surface area contributed by atoms with E-state index in [1.54, 1.807) is 0 Å². The van der Waals surface area contributed by atoms with Crippen molar-refractivity contribution in [3.8, 4) is 5.75 Å². The molecule has 0 aromatic heterocycles. The summed E-state index contributed by atoms with van der Waals surface area (Å²) in [6.45, 7) is 7.49. The molecule has 0 aliphatic rings. The monoisotopic (exact) mass is 278 g/mol. The lowest BCUT2D eigenvalue weighted by Gasteiger charge is -2.16. The van der Waals surface area contributed by atoms with Gasteiger partial charge in [-0.1, -0.05) is 13.3 Å². The van der Waals surface area contributed by atoms with Crippen molar-refractivity contribution in [2.24, 2.45) is 0 Å². The van der Waals surface area contributed by atoms with E-state index in [9.17, 15) is 4.79 Å². The fourth-order valence-electron chi connectivity index (χ4n) is 1.84. The van der Waals surface area contributed by atoms with Gasteiger partial charge in [-0.15, -0.1) is 0 Å². The van der Waals surface area contributed by atoms with Crippen LogP contribution in [0, 0.1) is 0 Å². The average molecular weight is 278 g/mol. The topological polar surface area (TPSA) is 41.6 Å². The normalized spacial score (nSPS) is 10.9. The van der Waals surface area contributed by atoms with Gasteiger partial charge in [0.2, 0.25) is 5.91 Å². The van der Waals surface area contributed by atoms with E-state index < -0.39 is 0 Å². The molecule has 0 radical (unpaired) electrons. The zero-order valence-corrected chi connectivity index (χ0v) is 13.0. The molecule has 1 aromatic carbocycles. The third-order valence-electron chi connectivity index (χ3n) is 2.82. The van der Waals surface area contributed by atoms with Gasteiger partial charge < -0.3 is 10.1 Å². The van der Waals surface area contributed by atoms with Crippen LogP contribution in [0.4, 0.5) is 5.69 Å². The summed E-state index contributed by atoms with van der Waals surface area (Å²) in [6, 6.07) is 7.47. The summed E-state index contributed by atoms with van der Waals surface area (Å²) in [4.78, 5) is 13.9. The van der Waals surface area contributed by atoms with Crippen LogP contribution in [0.5, 0.6) is 5.75 Å². The van der Waals surface area contributed by atoms with Gasteiger partial charge in [0.25, 0.3) is 0 Å². The predicted octanol–water partition coefficient (Wildman–Crippen LogP) is 3.14. The molecule has 1 aromatic rings. The van der Waals surface area contributed by atoms with Gasteiger partial charge in [-0.3, -0.25) is 9.69 Å². The number of amides is 1. The van der Waals surface area contributed by atoms with Gasteiger partial charge in [0.15, 0.2) is 0 Å². The second kappa shape index (κ2) is 8.59. The first-order chi connectivity index (χ1) is 9.51. The number of unbranched alkanes of at least 4 members (excludes halogenated alkanes) is 1. The number of rotatable bonds is 8. The Labute approximate surface area is 122 Å². The van der Waals surface area contributed by atoms with Crippen LogP contribution < -0.4 is 10.1 Å². The van der Waals surface area contributed by atoms with Crippen molar-refractivity contribution in [3.63, 3.8) is 0 Å². The van der Waals surface area contributed by atoms with E-state index in [1.165, 1.54) is 0 Å². The highest BCUT2D eigenvalue weighted by Gasteiger charge is 2.06. The summed E-state index contributed by atoms with van der Waals surface area (Å²) >= 11 is 0. The van der Waals surface area contributed by atoms with Gasteiger partial charge in [-0.25, -0.2) is 0 Å². The molecule has 20 heavy (non-hydrogen) atoms. The largest absolute Gasteiger partial charge is 0.491 e. The summed E-state index contributed by atoms with van der Waals surface area (Å²) in [5.74, 6) is 0.833. The van der Waals surface area contributed by atoms with Crippen LogP contribution in [0.25, 0.3) is 0 Å². The van der Waals surface area contributed by atoms with Crippen molar-refractivity contribution in [2.75, 3.05) is 25.5 Å². The molecule has 4 heteroatoms. The number of hydrogen-bond acceptors (Lipinski definition) is 3. The van der Waals surface area contributed by atoms with Crippen molar-refractivity contribution in [1.29, 1.82) is 0 Å². The first kappa shape index (κ1) is 16.5. The fraction of sp³-hybridized carbons (Fsp3) is 0.562. The second-order valence-electron chi connectivity index (χ2n) is 5.33. The maximum absolute atomic E-state index is 11.9. The summed E-state index contributed by atoms with van der Waals surface area (Å²) in [6.07, 6.45) is 2.41. The van der Waals surface area contributed by atoms with E-state index in [0.29, 0.717) is 6.54 Å². The Morgan fingerprint density at radius 2 is 1.95 bits per heavy atom. The molecule has 1 amide bonds. The van der Waals surface area contributed by atoms with E-state index in [2.05, 4.69) is 12.2 Å². The fourth-order valence-corrected chi connectivity index (χ4v) is 1.84. The summed E-state index contributed by atoms with van der Waals surface area (Å²) in [7, 11) is 1.97. The third kappa shape index (κ3) is 6.57. The number of carbonyl (C=O) groups excluding carboxylic acids is 1. The van der Waals surface area contributed by atoms with Crippen LogP contribution in [0.2, 0.25) is 0 Å². The molecule has 0 spiro atoms. The Bertz CT molecular complexity index is 401. The molecule has 0 unspecified atom stereocenters. The maximum Gasteiger partial charge on any atom is 0.238 e. The predicted molar refractivity (Wildman–Crippen MR) is 83.2 cm³/mol. The zero-order valence-electron chi connectivity index (χ0n) is 13.0. The molecule has 0 saturated heterocycles. The minimum atomic E-state index is 0.0149. The quantitative estimate of drug-likeness (QED) is 0.794. The lowest BCUT2D eigenvalue weighted by Crippen LogP contribution is -2.30. The number of anilines is 1. The summed E-state index contributed by atoms with van der Waals surface area (Å²) < 4.78 is 5.56. The summed E-state index contributed by atoms with van der Waals surface area (Å²) in [5, 5.41) is 2.89. The van der Waals surface area contributed by atoms with Gasteiger partial charge in [-0.2, -0.15) is 0 Å². The van der Waals surface area contributed by atoms with Crippen LogP contribution in [0.1, 0.15) is 33.6 Å². The molecule has 0 aliphatic carbocycles. The SMILES string of the molecule is CCCCN(C)CC(=O)Nc1ccc(OC(C)C)cc1. The molecule has 1 N–H and O–H groups in total. The highest BCUT2D eigenvalue weighted by Crippen LogP contribution is 2.16. The molecule has 0 heterocycles. The molecule has 0 fully saturated rings. The molecular formula is C16H26N2O2. The van der Waals surface area contributed by atoms with Crippen molar-refractivity contribution in [1.82, 2.24) is 4.90 Å². The first-order valence-corrected chi connectivity index (χ1v) is 7.26. The van der Waals surface area contributed by atoms with Crippen molar-refractivity contribution >= 4 is 11.6 Å². The standard InChI is InChI=1S/C16H26N2O2/c1-5-6-11-18(4)12-16(19)17-14-7-9-15(10-8-14)20-13(2)3/h7-10,13H,5-6,11-12H2,1-4H3,(H,17,19). The Kier molecular flexibility index (Phi) is 7.09. The Hall–Kier alpha value is -1.55. The molecule has 0 atom stereocenters. The number of benzene rings is 1. The average Bonchev–Trinajstić information content (AvgIpc) is 2.38. The van der Waals surface area contributed by atoms with Gasteiger partial charge in [0, 0.05) is 5.69 Å². The second-order valence-corrected chi connectivity index (χ2v) is 5.33. The van der Waals surface area contributed by atoms with Crippen LogP contribution in [-0.4, -0.2) is 37.0 Å². The highest BCUT2D eigenvalue weighted by atomic mass is 16.5. The van der Waals surface area contributed by atoms with Crippen molar-refractivity contribution < 1.29 is 9.53 Å². The van der Waals surface area contributed by atoms with Crippen LogP contribution in [-0.2, 0) is 4.79 Å². The molecule has 1 rings (SSSR count). The number of ether oxygens (including phenoxy) is 1. The summed E-state index contributed by atoms with van der Waals surface area (Å²) in [5.41, 5.74) is 0.801. The van der Waals surface area contributed by atoms with E-state index >= 15 is 0 Å². The van der Waals surface area contributed by atoms with E-state index in [4.69, 9.17) is 4.74 Å². The Balaban J connectivity index is 2.41. The minimum absolute atomic E-state index is 0.0149. The van der Waals surface area contributed by atoms with Crippen LogP contribution >= 0.6 is 0 Å². The maximum atomic E-state index is 11.9. The van der Waals surface area contributed by atoms with E-state index in [-0.39, 0.29) is 12.0 Å². The van der Waals surface area contributed by atoms with E-state index in [0.717, 1.165) is 30.8 Å². The van der Waals surface area contributed by atoms with Gasteiger partial charge >= 0.3 is 0 Å². The lowest BCUT2D eigenvalue weighted by molar-refractivity contribution is -0.117. The molecule has 0 saturated carbocycles. The smallest absolute Gasteiger partial charge is 0.238 e. The number of nitrogens with one attached hydrogen (secondary N) is 1. The number of hydrogen-bond donors (Lipinski definition) is 1. The molecule has 0 bridgehead atoms. The number of nitrogens with zero attached hydrogens (tertiary/aromatic N) is 1. The zero-order chi connectivity index (χ0) is 15.0.